The Labute approximate surface area is 88.8 Å². The van der Waals surface area contributed by atoms with Crippen LogP contribution in [0.1, 0.15) is 24.0 Å². The Balaban J connectivity index is 3.25. The molecule has 0 saturated heterocycles. The van der Waals surface area contributed by atoms with Crippen molar-refractivity contribution in [1.82, 2.24) is 0 Å². The lowest BCUT2D eigenvalue weighted by Crippen LogP contribution is -2.02. The van der Waals surface area contributed by atoms with E-state index in [4.69, 9.17) is 16.3 Å². The summed E-state index contributed by atoms with van der Waals surface area (Å²) in [6.45, 7) is 1.83. The summed E-state index contributed by atoms with van der Waals surface area (Å²) in [6.07, 6.45) is 0.897. The lowest BCUT2D eigenvalue weighted by atomic mass is 9.96. The van der Waals surface area contributed by atoms with Crippen LogP contribution in [0.5, 0.6) is 5.75 Å². The van der Waals surface area contributed by atoms with Gasteiger partial charge in [0, 0.05) is 17.4 Å². The molecule has 0 aromatic heterocycles. The normalized spacial score (nSPS) is 12.2. The van der Waals surface area contributed by atoms with Crippen molar-refractivity contribution in [2.75, 3.05) is 7.11 Å². The summed E-state index contributed by atoms with van der Waals surface area (Å²) in [5, 5.41) is 0. The molecular formula is C11H13ClO2. The second-order valence-corrected chi connectivity index (χ2v) is 3.36. The first kappa shape index (κ1) is 11.1. The third-order valence-electron chi connectivity index (χ3n) is 2.18. The Hall–Kier alpha value is -1.02. The highest BCUT2D eigenvalue weighted by atomic mass is 35.5. The molecule has 3 heteroatoms. The van der Waals surface area contributed by atoms with Crippen molar-refractivity contribution in [2.45, 2.75) is 18.7 Å². The fourth-order valence-electron chi connectivity index (χ4n) is 1.47. The molecule has 0 saturated carbocycles. The maximum absolute atomic E-state index is 10.7. The number of carbonyl (C=O) groups is 1. The van der Waals surface area contributed by atoms with Crippen LogP contribution >= 0.6 is 11.6 Å². The zero-order valence-corrected chi connectivity index (χ0v) is 9.04. The molecule has 0 fully saturated rings. The summed E-state index contributed by atoms with van der Waals surface area (Å²) >= 11 is 5.79. The van der Waals surface area contributed by atoms with Crippen LogP contribution in [0.2, 0.25) is 0 Å². The van der Waals surface area contributed by atoms with Gasteiger partial charge in [0.05, 0.1) is 7.11 Å². The minimum Gasteiger partial charge on any atom is -0.496 e. The van der Waals surface area contributed by atoms with Crippen LogP contribution < -0.4 is 4.74 Å². The van der Waals surface area contributed by atoms with Crippen LogP contribution in [0.3, 0.4) is 0 Å². The summed E-state index contributed by atoms with van der Waals surface area (Å²) < 4.78 is 5.19. The van der Waals surface area contributed by atoms with Crippen LogP contribution in [0.4, 0.5) is 0 Å². The molecule has 0 amide bonds. The number of methoxy groups -OCH3 is 1. The van der Waals surface area contributed by atoms with E-state index in [-0.39, 0.29) is 5.92 Å². The Morgan fingerprint density at radius 1 is 1.57 bits per heavy atom. The van der Waals surface area contributed by atoms with Gasteiger partial charge in [-0.05, 0) is 11.6 Å². The summed E-state index contributed by atoms with van der Waals surface area (Å²) in [7, 11) is 1.59. The van der Waals surface area contributed by atoms with E-state index in [1.165, 1.54) is 0 Å². The first-order valence-electron chi connectivity index (χ1n) is 4.41. The second kappa shape index (κ2) is 5.01. The molecule has 14 heavy (non-hydrogen) atoms. The zero-order chi connectivity index (χ0) is 10.6. The van der Waals surface area contributed by atoms with Gasteiger partial charge >= 0.3 is 0 Å². The van der Waals surface area contributed by atoms with Gasteiger partial charge < -0.3 is 9.53 Å². The number of aldehydes is 1. The molecule has 0 aliphatic heterocycles. The average Bonchev–Trinajstić information content (AvgIpc) is 2.26. The second-order valence-electron chi connectivity index (χ2n) is 3.09. The summed E-state index contributed by atoms with van der Waals surface area (Å²) in [5.41, 5.74) is 1.84. The van der Waals surface area contributed by atoms with Crippen molar-refractivity contribution in [3.8, 4) is 5.75 Å². The molecule has 0 heterocycles. The molecule has 1 unspecified atom stereocenters. The number of benzene rings is 1. The van der Waals surface area contributed by atoms with Crippen LogP contribution in [0.25, 0.3) is 0 Å². The first-order chi connectivity index (χ1) is 6.74. The zero-order valence-electron chi connectivity index (χ0n) is 8.29. The molecular weight excluding hydrogens is 200 g/mol. The molecule has 0 aliphatic carbocycles. The number of halogens is 1. The van der Waals surface area contributed by atoms with E-state index in [0.29, 0.717) is 5.88 Å². The maximum Gasteiger partial charge on any atom is 0.127 e. The van der Waals surface area contributed by atoms with Gasteiger partial charge in [-0.3, -0.25) is 0 Å². The van der Waals surface area contributed by atoms with Gasteiger partial charge in [0.1, 0.15) is 12.0 Å². The fourth-order valence-corrected chi connectivity index (χ4v) is 1.70. The quantitative estimate of drug-likeness (QED) is 0.567. The highest BCUT2D eigenvalue weighted by Gasteiger charge is 2.14. The van der Waals surface area contributed by atoms with Gasteiger partial charge in [0.25, 0.3) is 0 Å². The number of hydrogen-bond donors (Lipinski definition) is 0. The Kier molecular flexibility index (Phi) is 3.96. The van der Waals surface area contributed by atoms with E-state index in [1.54, 1.807) is 7.11 Å². The third-order valence-corrected chi connectivity index (χ3v) is 2.47. The van der Waals surface area contributed by atoms with Gasteiger partial charge in [-0.15, -0.1) is 11.6 Å². The van der Waals surface area contributed by atoms with Crippen molar-refractivity contribution in [1.29, 1.82) is 0 Å². The van der Waals surface area contributed by atoms with E-state index in [1.807, 2.05) is 25.1 Å². The molecule has 0 spiro atoms. The van der Waals surface area contributed by atoms with Gasteiger partial charge in [-0.25, -0.2) is 0 Å². The molecule has 1 aromatic rings. The van der Waals surface area contributed by atoms with Gasteiger partial charge in [0.15, 0.2) is 0 Å². The molecule has 0 radical (unpaired) electrons. The minimum absolute atomic E-state index is 0.181. The molecule has 1 atom stereocenters. The van der Waals surface area contributed by atoms with Crippen molar-refractivity contribution in [3.63, 3.8) is 0 Å². The van der Waals surface area contributed by atoms with E-state index in [0.717, 1.165) is 23.2 Å². The monoisotopic (exact) mass is 212 g/mol. The minimum atomic E-state index is -0.181. The predicted molar refractivity (Wildman–Crippen MR) is 57.0 cm³/mol. The maximum atomic E-state index is 10.7. The average molecular weight is 213 g/mol. The van der Waals surface area contributed by atoms with Gasteiger partial charge in [0.2, 0.25) is 0 Å². The summed E-state index contributed by atoms with van der Waals surface area (Å²) in [6, 6.07) is 5.62. The number of rotatable bonds is 4. The van der Waals surface area contributed by atoms with Crippen LogP contribution in [-0.4, -0.2) is 13.4 Å². The molecule has 0 aliphatic rings. The summed E-state index contributed by atoms with van der Waals surface area (Å²) in [5.74, 6) is 0.938. The Bertz CT molecular complexity index is 301. The van der Waals surface area contributed by atoms with Crippen molar-refractivity contribution < 1.29 is 9.53 Å². The summed E-state index contributed by atoms with van der Waals surface area (Å²) in [4.78, 5) is 10.7. The molecule has 0 N–H and O–H groups in total. The number of ether oxygens (including phenoxy) is 1. The van der Waals surface area contributed by atoms with E-state index in [2.05, 4.69) is 0 Å². The van der Waals surface area contributed by atoms with Crippen molar-refractivity contribution in [2.24, 2.45) is 0 Å². The SMILES string of the molecule is COc1cccc(CCl)c1C(C)C=O. The highest BCUT2D eigenvalue weighted by molar-refractivity contribution is 6.17. The third kappa shape index (κ3) is 2.07. The molecule has 76 valence electrons. The lowest BCUT2D eigenvalue weighted by molar-refractivity contribution is -0.108. The standard InChI is InChI=1S/C11H13ClO2/c1-8(7-13)11-9(6-12)4-3-5-10(11)14-2/h3-5,7-8H,6H2,1-2H3. The smallest absolute Gasteiger partial charge is 0.127 e. The molecule has 0 bridgehead atoms. The van der Waals surface area contributed by atoms with Crippen molar-refractivity contribution >= 4 is 17.9 Å². The predicted octanol–water partition coefficient (Wildman–Crippen LogP) is 2.74. The highest BCUT2D eigenvalue weighted by Crippen LogP contribution is 2.29. The molecule has 2 nitrogen and oxygen atoms in total. The van der Waals surface area contributed by atoms with E-state index in [9.17, 15) is 4.79 Å². The van der Waals surface area contributed by atoms with Gasteiger partial charge in [-0.2, -0.15) is 0 Å². The molecule has 1 aromatic carbocycles. The van der Waals surface area contributed by atoms with Gasteiger partial charge in [-0.1, -0.05) is 19.1 Å². The number of carbonyl (C=O) groups excluding carboxylic acids is 1. The Morgan fingerprint density at radius 2 is 2.29 bits per heavy atom. The molecule has 1 rings (SSSR count). The number of alkyl halides is 1. The Morgan fingerprint density at radius 3 is 2.79 bits per heavy atom. The van der Waals surface area contributed by atoms with Crippen LogP contribution in [0, 0.1) is 0 Å². The largest absolute Gasteiger partial charge is 0.496 e. The topological polar surface area (TPSA) is 26.3 Å². The van der Waals surface area contributed by atoms with E-state index >= 15 is 0 Å². The lowest BCUT2D eigenvalue weighted by Gasteiger charge is -2.14. The van der Waals surface area contributed by atoms with E-state index < -0.39 is 0 Å². The fraction of sp³-hybridized carbons (Fsp3) is 0.364. The van der Waals surface area contributed by atoms with Crippen molar-refractivity contribution in [3.05, 3.63) is 29.3 Å². The first-order valence-corrected chi connectivity index (χ1v) is 4.95. The van der Waals surface area contributed by atoms with Crippen LogP contribution in [0.15, 0.2) is 18.2 Å². The number of hydrogen-bond acceptors (Lipinski definition) is 2. The van der Waals surface area contributed by atoms with Crippen LogP contribution in [-0.2, 0) is 10.7 Å².